The van der Waals surface area contributed by atoms with E-state index in [1.165, 1.54) is 0 Å². The summed E-state index contributed by atoms with van der Waals surface area (Å²) in [7, 11) is -2.84. The maximum Gasteiger partial charge on any atom is 0.151 e. The van der Waals surface area contributed by atoms with Gasteiger partial charge in [0.15, 0.2) is 9.84 Å². The van der Waals surface area contributed by atoms with E-state index >= 15 is 0 Å². The number of sulfone groups is 1. The van der Waals surface area contributed by atoms with Crippen LogP contribution in [0.15, 0.2) is 0 Å². The molecule has 0 spiro atoms. The van der Waals surface area contributed by atoms with Crippen molar-refractivity contribution in [2.24, 2.45) is 0 Å². The zero-order valence-corrected chi connectivity index (χ0v) is 13.9. The molecule has 0 radical (unpaired) electrons. The molecule has 1 rings (SSSR count). The normalized spacial score (nSPS) is 17.4. The molecule has 0 saturated carbocycles. The first-order valence-corrected chi connectivity index (χ1v) is 9.06. The van der Waals surface area contributed by atoms with Crippen LogP contribution >= 0.6 is 12.4 Å². The Labute approximate surface area is 124 Å². The van der Waals surface area contributed by atoms with Crippen molar-refractivity contribution in [3.05, 3.63) is 0 Å². The lowest BCUT2D eigenvalue weighted by Gasteiger charge is -2.34. The maximum atomic E-state index is 11.8. The largest absolute Gasteiger partial charge is 0.317 e. The second-order valence-corrected chi connectivity index (χ2v) is 7.47. The lowest BCUT2D eigenvalue weighted by Crippen LogP contribution is -2.45. The van der Waals surface area contributed by atoms with Gasteiger partial charge in [0.2, 0.25) is 0 Å². The molecule has 19 heavy (non-hydrogen) atoms. The molecular formula is C13H29ClN2O2S. The van der Waals surface area contributed by atoms with Gasteiger partial charge in [-0.05, 0) is 45.3 Å². The molecule has 4 nitrogen and oxygen atoms in total. The molecule has 0 bridgehead atoms. The summed E-state index contributed by atoms with van der Waals surface area (Å²) >= 11 is 0. The molecule has 0 aromatic carbocycles. The summed E-state index contributed by atoms with van der Waals surface area (Å²) in [6, 6.07) is 0.572. The van der Waals surface area contributed by atoms with Crippen LogP contribution in [0.3, 0.4) is 0 Å². The third-order valence-corrected chi connectivity index (χ3v) is 5.38. The van der Waals surface area contributed by atoms with E-state index < -0.39 is 9.84 Å². The van der Waals surface area contributed by atoms with Gasteiger partial charge in [0, 0.05) is 18.3 Å². The van der Waals surface area contributed by atoms with Crippen LogP contribution in [0.1, 0.15) is 39.5 Å². The van der Waals surface area contributed by atoms with Gasteiger partial charge in [-0.3, -0.25) is 4.90 Å². The molecule has 1 fully saturated rings. The fraction of sp³-hybridized carbons (Fsp3) is 1.00. The van der Waals surface area contributed by atoms with Gasteiger partial charge < -0.3 is 5.32 Å². The molecule has 0 unspecified atom stereocenters. The maximum absolute atomic E-state index is 11.8. The molecule has 1 saturated heterocycles. The third-order valence-electron chi connectivity index (χ3n) is 3.54. The van der Waals surface area contributed by atoms with Crippen LogP contribution in [0.2, 0.25) is 0 Å². The van der Waals surface area contributed by atoms with Crippen LogP contribution in [0.25, 0.3) is 0 Å². The summed E-state index contributed by atoms with van der Waals surface area (Å²) in [5, 5.41) is 3.36. The number of hydrogen-bond acceptors (Lipinski definition) is 4. The molecule has 0 aliphatic carbocycles. The van der Waals surface area contributed by atoms with Crippen molar-refractivity contribution in [3.63, 3.8) is 0 Å². The van der Waals surface area contributed by atoms with Gasteiger partial charge in [0.05, 0.1) is 5.75 Å². The SMILES string of the molecule is CCCN(CCS(=O)(=O)CCC)C1CCNCC1.Cl. The zero-order valence-electron chi connectivity index (χ0n) is 12.2. The average Bonchev–Trinajstić information content (AvgIpc) is 2.35. The van der Waals surface area contributed by atoms with Gasteiger partial charge in [-0.2, -0.15) is 0 Å². The summed E-state index contributed by atoms with van der Waals surface area (Å²) in [5.74, 6) is 0.657. The van der Waals surface area contributed by atoms with E-state index in [1.54, 1.807) is 0 Å². The average molecular weight is 313 g/mol. The second kappa shape index (κ2) is 9.97. The summed E-state index contributed by atoms with van der Waals surface area (Å²) in [6.07, 6.45) is 4.11. The third kappa shape index (κ3) is 7.49. The van der Waals surface area contributed by atoms with Gasteiger partial charge in [-0.1, -0.05) is 13.8 Å². The first-order chi connectivity index (χ1) is 8.59. The minimum atomic E-state index is -2.84. The Bertz CT molecular complexity index is 317. The van der Waals surface area contributed by atoms with Crippen molar-refractivity contribution >= 4 is 22.2 Å². The molecule has 0 aromatic rings. The minimum Gasteiger partial charge on any atom is -0.317 e. The van der Waals surface area contributed by atoms with E-state index in [0.717, 1.165) is 45.3 Å². The predicted octanol–water partition coefficient (Wildman–Crippen LogP) is 1.70. The summed E-state index contributed by atoms with van der Waals surface area (Å²) < 4.78 is 23.6. The van der Waals surface area contributed by atoms with Gasteiger partial charge in [-0.25, -0.2) is 8.42 Å². The molecule has 0 atom stereocenters. The molecule has 1 heterocycles. The highest BCUT2D eigenvalue weighted by atomic mass is 35.5. The van der Waals surface area contributed by atoms with E-state index in [9.17, 15) is 8.42 Å². The number of piperidine rings is 1. The number of nitrogens with one attached hydrogen (secondary N) is 1. The topological polar surface area (TPSA) is 49.4 Å². The Hall–Kier alpha value is 0.160. The highest BCUT2D eigenvalue weighted by Crippen LogP contribution is 2.12. The van der Waals surface area contributed by atoms with E-state index in [-0.39, 0.29) is 12.4 Å². The molecule has 6 heteroatoms. The smallest absolute Gasteiger partial charge is 0.151 e. The molecule has 1 aliphatic heterocycles. The van der Waals surface area contributed by atoms with Gasteiger partial charge in [-0.15, -0.1) is 12.4 Å². The Kier molecular flexibility index (Phi) is 10.1. The Balaban J connectivity index is 0.00000324. The summed E-state index contributed by atoms with van der Waals surface area (Å²) in [5.41, 5.74) is 0. The van der Waals surface area contributed by atoms with E-state index in [0.29, 0.717) is 24.1 Å². The van der Waals surface area contributed by atoms with Gasteiger partial charge in [0.25, 0.3) is 0 Å². The van der Waals surface area contributed by atoms with Gasteiger partial charge in [0.1, 0.15) is 0 Å². The number of hydrogen-bond donors (Lipinski definition) is 1. The standard InChI is InChI=1S/C13H28N2O2S.ClH/c1-3-9-15(13-5-7-14-8-6-13)10-12-18(16,17)11-4-2;/h13-14H,3-12H2,1-2H3;1H. The van der Waals surface area contributed by atoms with Crippen LogP contribution in [0, 0.1) is 0 Å². The Morgan fingerprint density at radius 2 is 1.68 bits per heavy atom. The van der Waals surface area contributed by atoms with E-state index in [1.807, 2.05) is 6.92 Å². The van der Waals surface area contributed by atoms with Crippen LogP contribution in [-0.2, 0) is 9.84 Å². The lowest BCUT2D eigenvalue weighted by atomic mass is 10.0. The first-order valence-electron chi connectivity index (χ1n) is 7.24. The van der Waals surface area contributed by atoms with Crippen molar-refractivity contribution < 1.29 is 8.42 Å². The highest BCUT2D eigenvalue weighted by molar-refractivity contribution is 7.91. The Morgan fingerprint density at radius 1 is 1.05 bits per heavy atom. The molecule has 0 amide bonds. The molecular weight excluding hydrogens is 284 g/mol. The predicted molar refractivity (Wildman–Crippen MR) is 83.9 cm³/mol. The molecule has 116 valence electrons. The van der Waals surface area contributed by atoms with Crippen LogP contribution < -0.4 is 5.32 Å². The van der Waals surface area contributed by atoms with Crippen LogP contribution in [-0.4, -0.2) is 57.0 Å². The van der Waals surface area contributed by atoms with Crippen molar-refractivity contribution in [2.45, 2.75) is 45.6 Å². The number of nitrogens with zero attached hydrogens (tertiary/aromatic N) is 1. The molecule has 1 N–H and O–H groups in total. The van der Waals surface area contributed by atoms with Crippen LogP contribution in [0.5, 0.6) is 0 Å². The zero-order chi connectivity index (χ0) is 13.4. The molecule has 0 aromatic heterocycles. The number of halogens is 1. The van der Waals surface area contributed by atoms with Crippen molar-refractivity contribution in [1.29, 1.82) is 0 Å². The molecule has 1 aliphatic rings. The fourth-order valence-corrected chi connectivity index (χ4v) is 3.94. The van der Waals surface area contributed by atoms with Crippen molar-refractivity contribution in [2.75, 3.05) is 37.7 Å². The van der Waals surface area contributed by atoms with Crippen molar-refractivity contribution in [3.8, 4) is 0 Å². The second-order valence-electron chi connectivity index (χ2n) is 5.17. The fourth-order valence-electron chi connectivity index (χ4n) is 2.61. The van der Waals surface area contributed by atoms with Crippen LogP contribution in [0.4, 0.5) is 0 Å². The Morgan fingerprint density at radius 3 is 2.21 bits per heavy atom. The number of rotatable bonds is 8. The lowest BCUT2D eigenvalue weighted by molar-refractivity contribution is 0.171. The van der Waals surface area contributed by atoms with Gasteiger partial charge >= 0.3 is 0 Å². The van der Waals surface area contributed by atoms with E-state index in [4.69, 9.17) is 0 Å². The highest BCUT2D eigenvalue weighted by Gasteiger charge is 2.21. The van der Waals surface area contributed by atoms with E-state index in [2.05, 4.69) is 17.1 Å². The summed E-state index contributed by atoms with van der Waals surface area (Å²) in [4.78, 5) is 2.38. The minimum absolute atomic E-state index is 0. The monoisotopic (exact) mass is 312 g/mol. The van der Waals surface area contributed by atoms with Crippen molar-refractivity contribution in [1.82, 2.24) is 10.2 Å². The first kappa shape index (κ1) is 19.2. The quantitative estimate of drug-likeness (QED) is 0.741. The summed E-state index contributed by atoms with van der Waals surface area (Å²) in [6.45, 7) is 7.94.